The van der Waals surface area contributed by atoms with Crippen LogP contribution in [-0.2, 0) is 11.3 Å². The zero-order chi connectivity index (χ0) is 18.5. The zero-order valence-electron chi connectivity index (χ0n) is 15.5. The van der Waals surface area contributed by atoms with Crippen LogP contribution in [0.1, 0.15) is 60.6 Å². The standard InChI is InChI=1S/C22H26ClNO2/c1-16(2)26-22(25)20-8-4-3-7-18(20)15-24-14-6-5-9-21(24)17-10-12-19(23)13-11-17/h3-4,7-8,10-13,16,21H,5-6,9,14-15H2,1-2H3. The molecule has 0 spiro atoms. The quantitative estimate of drug-likeness (QED) is 0.637. The molecule has 1 atom stereocenters. The van der Waals surface area contributed by atoms with E-state index in [-0.39, 0.29) is 12.1 Å². The number of rotatable bonds is 5. The lowest BCUT2D eigenvalue weighted by atomic mass is 9.94. The lowest BCUT2D eigenvalue weighted by Crippen LogP contribution is -2.33. The Morgan fingerprint density at radius 1 is 1.15 bits per heavy atom. The van der Waals surface area contributed by atoms with Crippen molar-refractivity contribution in [3.8, 4) is 0 Å². The molecule has 0 aromatic heterocycles. The van der Waals surface area contributed by atoms with Crippen molar-refractivity contribution in [2.75, 3.05) is 6.54 Å². The normalized spacial score (nSPS) is 18.1. The lowest BCUT2D eigenvalue weighted by molar-refractivity contribution is 0.0374. The molecule has 1 heterocycles. The van der Waals surface area contributed by atoms with Gasteiger partial charge in [-0.3, -0.25) is 4.90 Å². The third-order valence-corrected chi connectivity index (χ3v) is 5.07. The molecule has 1 saturated heterocycles. The monoisotopic (exact) mass is 371 g/mol. The van der Waals surface area contributed by atoms with Gasteiger partial charge >= 0.3 is 5.97 Å². The van der Waals surface area contributed by atoms with Crippen LogP contribution in [0.2, 0.25) is 5.02 Å². The Morgan fingerprint density at radius 2 is 1.88 bits per heavy atom. The molecule has 0 bridgehead atoms. The Kier molecular flexibility index (Phi) is 6.33. The summed E-state index contributed by atoms with van der Waals surface area (Å²) < 4.78 is 5.42. The zero-order valence-corrected chi connectivity index (χ0v) is 16.2. The number of halogens is 1. The highest BCUT2D eigenvalue weighted by Gasteiger charge is 2.25. The fourth-order valence-corrected chi connectivity index (χ4v) is 3.72. The van der Waals surface area contributed by atoms with Crippen molar-refractivity contribution in [2.45, 2.75) is 51.8 Å². The summed E-state index contributed by atoms with van der Waals surface area (Å²) in [5, 5.41) is 0.762. The van der Waals surface area contributed by atoms with Gasteiger partial charge in [0.05, 0.1) is 11.7 Å². The molecule has 26 heavy (non-hydrogen) atoms. The molecule has 0 amide bonds. The van der Waals surface area contributed by atoms with E-state index in [1.54, 1.807) is 0 Å². The number of ether oxygens (including phenoxy) is 1. The molecule has 1 unspecified atom stereocenters. The molecule has 1 aliphatic heterocycles. The van der Waals surface area contributed by atoms with Crippen LogP contribution in [0.3, 0.4) is 0 Å². The van der Waals surface area contributed by atoms with Crippen LogP contribution >= 0.6 is 11.6 Å². The molecule has 0 saturated carbocycles. The topological polar surface area (TPSA) is 29.5 Å². The third-order valence-electron chi connectivity index (χ3n) is 4.82. The molecular formula is C22H26ClNO2. The molecule has 2 aromatic carbocycles. The van der Waals surface area contributed by atoms with Crippen LogP contribution in [0, 0.1) is 0 Å². The Hall–Kier alpha value is -1.84. The summed E-state index contributed by atoms with van der Waals surface area (Å²) in [5.41, 5.74) is 2.98. The number of nitrogens with zero attached hydrogens (tertiary/aromatic N) is 1. The van der Waals surface area contributed by atoms with Gasteiger partial charge in [-0.25, -0.2) is 4.79 Å². The first-order chi connectivity index (χ1) is 12.5. The smallest absolute Gasteiger partial charge is 0.338 e. The Morgan fingerprint density at radius 3 is 2.62 bits per heavy atom. The van der Waals surface area contributed by atoms with Gasteiger partial charge in [-0.05, 0) is 62.6 Å². The van der Waals surface area contributed by atoms with Crippen LogP contribution in [0.4, 0.5) is 0 Å². The largest absolute Gasteiger partial charge is 0.459 e. The van der Waals surface area contributed by atoms with Gasteiger partial charge in [-0.1, -0.05) is 48.4 Å². The van der Waals surface area contributed by atoms with E-state index in [0.29, 0.717) is 11.6 Å². The first-order valence-electron chi connectivity index (χ1n) is 9.33. The molecule has 138 valence electrons. The van der Waals surface area contributed by atoms with Gasteiger partial charge in [-0.15, -0.1) is 0 Å². The minimum absolute atomic E-state index is 0.118. The van der Waals surface area contributed by atoms with Gasteiger partial charge in [0.15, 0.2) is 0 Å². The van der Waals surface area contributed by atoms with E-state index < -0.39 is 0 Å². The second kappa shape index (κ2) is 8.70. The minimum atomic E-state index is -0.240. The highest BCUT2D eigenvalue weighted by molar-refractivity contribution is 6.30. The lowest BCUT2D eigenvalue weighted by Gasteiger charge is -2.36. The van der Waals surface area contributed by atoms with E-state index in [9.17, 15) is 4.79 Å². The van der Waals surface area contributed by atoms with E-state index in [2.05, 4.69) is 17.0 Å². The van der Waals surface area contributed by atoms with E-state index in [1.807, 2.05) is 50.2 Å². The number of piperidine rings is 1. The van der Waals surface area contributed by atoms with Crippen molar-refractivity contribution >= 4 is 17.6 Å². The average molecular weight is 372 g/mol. The van der Waals surface area contributed by atoms with Gasteiger partial charge in [0.25, 0.3) is 0 Å². The maximum Gasteiger partial charge on any atom is 0.338 e. The molecule has 3 nitrogen and oxygen atoms in total. The number of benzene rings is 2. The summed E-state index contributed by atoms with van der Waals surface area (Å²) in [7, 11) is 0. The summed E-state index contributed by atoms with van der Waals surface area (Å²) in [4.78, 5) is 14.9. The molecule has 0 N–H and O–H groups in total. The van der Waals surface area contributed by atoms with Gasteiger partial charge in [0.2, 0.25) is 0 Å². The number of carbonyl (C=O) groups is 1. The Labute approximate surface area is 160 Å². The Balaban J connectivity index is 1.82. The molecule has 3 rings (SSSR count). The highest BCUT2D eigenvalue weighted by atomic mass is 35.5. The van der Waals surface area contributed by atoms with E-state index in [1.165, 1.54) is 18.4 Å². The Bertz CT molecular complexity index is 742. The van der Waals surface area contributed by atoms with Crippen LogP contribution in [0.5, 0.6) is 0 Å². The highest BCUT2D eigenvalue weighted by Crippen LogP contribution is 2.33. The second-order valence-corrected chi connectivity index (χ2v) is 7.58. The minimum Gasteiger partial charge on any atom is -0.459 e. The van der Waals surface area contributed by atoms with Gasteiger partial charge < -0.3 is 4.74 Å². The second-order valence-electron chi connectivity index (χ2n) is 7.14. The maximum atomic E-state index is 12.5. The maximum absolute atomic E-state index is 12.5. The first kappa shape index (κ1) is 18.9. The van der Waals surface area contributed by atoms with Crippen molar-refractivity contribution in [3.05, 3.63) is 70.2 Å². The molecule has 1 fully saturated rings. The SMILES string of the molecule is CC(C)OC(=O)c1ccccc1CN1CCCCC1c1ccc(Cl)cc1. The number of esters is 1. The van der Waals surface area contributed by atoms with E-state index in [0.717, 1.165) is 30.1 Å². The van der Waals surface area contributed by atoms with Gasteiger partial charge in [0.1, 0.15) is 0 Å². The van der Waals surface area contributed by atoms with Crippen LogP contribution in [0.15, 0.2) is 48.5 Å². The van der Waals surface area contributed by atoms with Crippen LogP contribution in [0.25, 0.3) is 0 Å². The van der Waals surface area contributed by atoms with Crippen molar-refractivity contribution in [2.24, 2.45) is 0 Å². The number of hydrogen-bond donors (Lipinski definition) is 0. The van der Waals surface area contributed by atoms with Crippen molar-refractivity contribution in [1.29, 1.82) is 0 Å². The number of hydrogen-bond acceptors (Lipinski definition) is 3. The number of likely N-dealkylation sites (tertiary alicyclic amines) is 1. The molecule has 0 radical (unpaired) electrons. The third kappa shape index (κ3) is 4.66. The summed E-state index contributed by atoms with van der Waals surface area (Å²) >= 11 is 6.05. The van der Waals surface area contributed by atoms with Crippen molar-refractivity contribution in [3.63, 3.8) is 0 Å². The summed E-state index contributed by atoms with van der Waals surface area (Å²) in [6.45, 7) is 5.53. The van der Waals surface area contributed by atoms with E-state index in [4.69, 9.17) is 16.3 Å². The summed E-state index contributed by atoms with van der Waals surface area (Å²) in [6, 6.07) is 16.3. The van der Waals surface area contributed by atoms with Gasteiger partial charge in [-0.2, -0.15) is 0 Å². The molecule has 0 aliphatic carbocycles. The molecule has 2 aromatic rings. The van der Waals surface area contributed by atoms with Crippen LogP contribution in [-0.4, -0.2) is 23.5 Å². The molecular weight excluding hydrogens is 346 g/mol. The molecule has 1 aliphatic rings. The summed E-state index contributed by atoms with van der Waals surface area (Å²) in [6.07, 6.45) is 3.41. The first-order valence-corrected chi connectivity index (χ1v) is 9.71. The average Bonchev–Trinajstić information content (AvgIpc) is 2.63. The fraction of sp³-hybridized carbons (Fsp3) is 0.409. The predicted molar refractivity (Wildman–Crippen MR) is 105 cm³/mol. The predicted octanol–water partition coefficient (Wildman–Crippen LogP) is 5.63. The van der Waals surface area contributed by atoms with Crippen LogP contribution < -0.4 is 0 Å². The molecule has 4 heteroatoms. The van der Waals surface area contributed by atoms with E-state index >= 15 is 0 Å². The fourth-order valence-electron chi connectivity index (χ4n) is 3.60. The summed E-state index contributed by atoms with van der Waals surface area (Å²) in [5.74, 6) is -0.240. The van der Waals surface area contributed by atoms with Crippen molar-refractivity contribution in [1.82, 2.24) is 4.90 Å². The van der Waals surface area contributed by atoms with Gasteiger partial charge in [0, 0.05) is 17.6 Å². The van der Waals surface area contributed by atoms with Crippen molar-refractivity contribution < 1.29 is 9.53 Å². The number of carbonyl (C=O) groups excluding carboxylic acids is 1.